The van der Waals surface area contributed by atoms with Crippen molar-refractivity contribution in [1.29, 1.82) is 5.26 Å². The van der Waals surface area contributed by atoms with E-state index in [1.807, 2.05) is 42.2 Å². The molecule has 0 unspecified atom stereocenters. The zero-order valence-corrected chi connectivity index (χ0v) is 12.2. The Bertz CT molecular complexity index is 508. The SMILES string of the molecule is CCC(=O)Nc1cccc(N(CC=CCl)CCC#N)c1. The minimum atomic E-state index is -0.0219. The first-order valence-electron chi connectivity index (χ1n) is 6.48. The first-order valence-corrected chi connectivity index (χ1v) is 6.92. The molecular formula is C15H18ClN3O. The molecule has 1 amide bonds. The molecule has 1 rings (SSSR count). The number of halogens is 1. The van der Waals surface area contributed by atoms with Crippen molar-refractivity contribution < 1.29 is 4.79 Å². The Morgan fingerprint density at radius 2 is 2.35 bits per heavy atom. The monoisotopic (exact) mass is 291 g/mol. The lowest BCUT2D eigenvalue weighted by Gasteiger charge is -2.22. The van der Waals surface area contributed by atoms with Crippen molar-refractivity contribution in [2.45, 2.75) is 19.8 Å². The highest BCUT2D eigenvalue weighted by Crippen LogP contribution is 2.20. The predicted molar refractivity (Wildman–Crippen MR) is 82.8 cm³/mol. The summed E-state index contributed by atoms with van der Waals surface area (Å²) in [7, 11) is 0. The third-order valence-corrected chi connectivity index (χ3v) is 2.90. The van der Waals surface area contributed by atoms with Gasteiger partial charge in [0.25, 0.3) is 0 Å². The van der Waals surface area contributed by atoms with E-state index >= 15 is 0 Å². The van der Waals surface area contributed by atoms with E-state index in [0.717, 1.165) is 11.4 Å². The topological polar surface area (TPSA) is 56.1 Å². The summed E-state index contributed by atoms with van der Waals surface area (Å²) in [4.78, 5) is 13.4. The van der Waals surface area contributed by atoms with Gasteiger partial charge in [-0.1, -0.05) is 30.7 Å². The van der Waals surface area contributed by atoms with Crippen LogP contribution in [0.4, 0.5) is 11.4 Å². The molecule has 0 atom stereocenters. The van der Waals surface area contributed by atoms with Crippen molar-refractivity contribution in [3.05, 3.63) is 35.9 Å². The number of rotatable bonds is 7. The van der Waals surface area contributed by atoms with Crippen LogP contribution in [0.2, 0.25) is 0 Å². The van der Waals surface area contributed by atoms with E-state index in [9.17, 15) is 4.79 Å². The van der Waals surface area contributed by atoms with Gasteiger partial charge in [0.05, 0.1) is 12.5 Å². The highest BCUT2D eigenvalue weighted by Gasteiger charge is 2.06. The molecule has 0 bridgehead atoms. The molecule has 106 valence electrons. The van der Waals surface area contributed by atoms with Crippen molar-refractivity contribution in [1.82, 2.24) is 0 Å². The Labute approximate surface area is 124 Å². The van der Waals surface area contributed by atoms with E-state index in [0.29, 0.717) is 25.9 Å². The molecule has 0 saturated heterocycles. The number of carbonyl (C=O) groups is 1. The van der Waals surface area contributed by atoms with Crippen LogP contribution in [0.3, 0.4) is 0 Å². The van der Waals surface area contributed by atoms with Gasteiger partial charge < -0.3 is 10.2 Å². The van der Waals surface area contributed by atoms with Crippen molar-refractivity contribution in [3.8, 4) is 6.07 Å². The summed E-state index contributed by atoms with van der Waals surface area (Å²) in [6.45, 7) is 3.04. The number of nitrogens with zero attached hydrogens (tertiary/aromatic N) is 2. The molecule has 1 aromatic rings. The minimum absolute atomic E-state index is 0.0219. The van der Waals surface area contributed by atoms with Gasteiger partial charge >= 0.3 is 0 Å². The van der Waals surface area contributed by atoms with E-state index in [4.69, 9.17) is 16.9 Å². The number of hydrogen-bond donors (Lipinski definition) is 1. The Hall–Kier alpha value is -1.99. The minimum Gasteiger partial charge on any atom is -0.367 e. The fourth-order valence-corrected chi connectivity index (χ4v) is 1.79. The van der Waals surface area contributed by atoms with Crippen molar-refractivity contribution >= 4 is 28.9 Å². The molecule has 0 radical (unpaired) electrons. The lowest BCUT2D eigenvalue weighted by atomic mass is 10.2. The van der Waals surface area contributed by atoms with Crippen LogP contribution in [0, 0.1) is 11.3 Å². The summed E-state index contributed by atoms with van der Waals surface area (Å²) >= 11 is 5.56. The molecule has 1 N–H and O–H groups in total. The van der Waals surface area contributed by atoms with Crippen molar-refractivity contribution in [2.24, 2.45) is 0 Å². The zero-order valence-electron chi connectivity index (χ0n) is 11.5. The highest BCUT2D eigenvalue weighted by atomic mass is 35.5. The van der Waals surface area contributed by atoms with Crippen LogP contribution in [0.15, 0.2) is 35.9 Å². The highest BCUT2D eigenvalue weighted by molar-refractivity contribution is 6.25. The van der Waals surface area contributed by atoms with Crippen LogP contribution in [-0.4, -0.2) is 19.0 Å². The lowest BCUT2D eigenvalue weighted by Crippen LogP contribution is -2.24. The number of amides is 1. The number of anilines is 2. The molecule has 20 heavy (non-hydrogen) atoms. The van der Waals surface area contributed by atoms with Crippen LogP contribution in [-0.2, 0) is 4.79 Å². The average Bonchev–Trinajstić information content (AvgIpc) is 2.47. The smallest absolute Gasteiger partial charge is 0.224 e. The Morgan fingerprint density at radius 1 is 1.55 bits per heavy atom. The van der Waals surface area contributed by atoms with E-state index in [-0.39, 0.29) is 5.91 Å². The first-order chi connectivity index (χ1) is 9.71. The van der Waals surface area contributed by atoms with Crippen LogP contribution in [0.1, 0.15) is 19.8 Å². The summed E-state index contributed by atoms with van der Waals surface area (Å²) in [5.41, 5.74) is 3.16. The van der Waals surface area contributed by atoms with Gasteiger partial charge in [0.2, 0.25) is 5.91 Å². The van der Waals surface area contributed by atoms with Gasteiger partial charge in [0, 0.05) is 36.4 Å². The van der Waals surface area contributed by atoms with Gasteiger partial charge in [0.15, 0.2) is 0 Å². The quantitative estimate of drug-likeness (QED) is 0.836. The Balaban J connectivity index is 2.86. The average molecular weight is 292 g/mol. The molecule has 0 heterocycles. The van der Waals surface area contributed by atoms with E-state index in [1.54, 1.807) is 0 Å². The van der Waals surface area contributed by atoms with Gasteiger partial charge in [-0.05, 0) is 18.2 Å². The standard InChI is InChI=1S/C15H18ClN3O/c1-2-15(20)18-13-6-3-7-14(12-13)19(10-4-8-16)11-5-9-17/h3-4,6-8,12H,2,5,10-11H2,1H3,(H,18,20). The second kappa shape index (κ2) is 9.00. The van der Waals surface area contributed by atoms with Gasteiger partial charge in [-0.3, -0.25) is 4.79 Å². The van der Waals surface area contributed by atoms with Crippen LogP contribution in [0.25, 0.3) is 0 Å². The molecule has 0 aliphatic carbocycles. The fourth-order valence-electron chi connectivity index (χ4n) is 1.71. The second-order valence-corrected chi connectivity index (χ2v) is 4.42. The van der Waals surface area contributed by atoms with Crippen molar-refractivity contribution in [2.75, 3.05) is 23.3 Å². The Kier molecular flexibility index (Phi) is 7.23. The predicted octanol–water partition coefficient (Wildman–Crippen LogP) is 3.51. The number of carbonyl (C=O) groups excluding carboxylic acids is 1. The zero-order chi connectivity index (χ0) is 14.8. The third-order valence-electron chi connectivity index (χ3n) is 2.72. The molecule has 0 spiro atoms. The summed E-state index contributed by atoms with van der Waals surface area (Å²) < 4.78 is 0. The maximum absolute atomic E-state index is 11.4. The maximum Gasteiger partial charge on any atom is 0.224 e. The van der Waals surface area contributed by atoms with Crippen LogP contribution >= 0.6 is 11.6 Å². The Morgan fingerprint density at radius 3 is 3.00 bits per heavy atom. The van der Waals surface area contributed by atoms with E-state index in [2.05, 4.69) is 11.4 Å². The van der Waals surface area contributed by atoms with Gasteiger partial charge in [-0.2, -0.15) is 5.26 Å². The molecular weight excluding hydrogens is 274 g/mol. The summed E-state index contributed by atoms with van der Waals surface area (Å²) in [6.07, 6.45) is 2.69. The molecule has 0 aromatic heterocycles. The molecule has 1 aromatic carbocycles. The normalized spacial score (nSPS) is 10.2. The molecule has 4 nitrogen and oxygen atoms in total. The third kappa shape index (κ3) is 5.33. The molecule has 0 aliphatic heterocycles. The largest absolute Gasteiger partial charge is 0.367 e. The van der Waals surface area contributed by atoms with Gasteiger partial charge in [0.1, 0.15) is 0 Å². The molecule has 0 aliphatic rings. The number of nitrogens with one attached hydrogen (secondary N) is 1. The molecule has 0 fully saturated rings. The van der Waals surface area contributed by atoms with Crippen molar-refractivity contribution in [3.63, 3.8) is 0 Å². The maximum atomic E-state index is 11.4. The van der Waals surface area contributed by atoms with E-state index < -0.39 is 0 Å². The molecule has 5 heteroatoms. The first kappa shape index (κ1) is 16.1. The second-order valence-electron chi connectivity index (χ2n) is 4.17. The summed E-state index contributed by atoms with van der Waals surface area (Å²) in [5, 5.41) is 11.5. The lowest BCUT2D eigenvalue weighted by molar-refractivity contribution is -0.115. The summed E-state index contributed by atoms with van der Waals surface area (Å²) in [6, 6.07) is 9.70. The number of benzene rings is 1. The van der Waals surface area contributed by atoms with Gasteiger partial charge in [-0.25, -0.2) is 0 Å². The van der Waals surface area contributed by atoms with Crippen LogP contribution in [0.5, 0.6) is 0 Å². The van der Waals surface area contributed by atoms with Crippen LogP contribution < -0.4 is 10.2 Å². The molecule has 0 saturated carbocycles. The van der Waals surface area contributed by atoms with E-state index in [1.165, 1.54) is 5.54 Å². The summed E-state index contributed by atoms with van der Waals surface area (Å²) in [5.74, 6) is -0.0219. The number of hydrogen-bond acceptors (Lipinski definition) is 3. The van der Waals surface area contributed by atoms with Gasteiger partial charge in [-0.15, -0.1) is 0 Å². The number of nitriles is 1. The fraction of sp³-hybridized carbons (Fsp3) is 0.333.